The zero-order valence-electron chi connectivity index (χ0n) is 15.1. The molecule has 0 radical (unpaired) electrons. The highest BCUT2D eigenvalue weighted by Crippen LogP contribution is 2.40. The van der Waals surface area contributed by atoms with Crippen LogP contribution in [0.2, 0.25) is 0 Å². The van der Waals surface area contributed by atoms with Gasteiger partial charge in [-0.1, -0.05) is 13.8 Å². The lowest BCUT2D eigenvalue weighted by Crippen LogP contribution is -2.43. The maximum Gasteiger partial charge on any atom is 0.161 e. The zero-order valence-corrected chi connectivity index (χ0v) is 15.1. The van der Waals surface area contributed by atoms with E-state index in [0.717, 1.165) is 43.2 Å². The number of hydrogen-bond acceptors (Lipinski definition) is 5. The molecule has 0 saturated carbocycles. The van der Waals surface area contributed by atoms with Gasteiger partial charge in [-0.25, -0.2) is 0 Å². The lowest BCUT2D eigenvalue weighted by molar-refractivity contribution is -0.110. The minimum atomic E-state index is -0.529. The van der Waals surface area contributed by atoms with E-state index < -0.39 is 6.23 Å². The van der Waals surface area contributed by atoms with Crippen molar-refractivity contribution in [2.45, 2.75) is 51.8 Å². The second-order valence-electron chi connectivity index (χ2n) is 6.76. The summed E-state index contributed by atoms with van der Waals surface area (Å²) < 4.78 is 10.8. The largest absolute Gasteiger partial charge is 0.493 e. The van der Waals surface area contributed by atoms with Crippen molar-refractivity contribution in [2.75, 3.05) is 20.8 Å². The van der Waals surface area contributed by atoms with Crippen LogP contribution >= 0.6 is 0 Å². The first-order chi connectivity index (χ1) is 11.5. The first kappa shape index (κ1) is 18.7. The van der Waals surface area contributed by atoms with Crippen molar-refractivity contribution < 1.29 is 19.4 Å². The summed E-state index contributed by atoms with van der Waals surface area (Å²) in [6.45, 7) is 5.04. The van der Waals surface area contributed by atoms with Gasteiger partial charge in [0.15, 0.2) is 11.5 Å². The van der Waals surface area contributed by atoms with Crippen molar-refractivity contribution in [3.8, 4) is 11.5 Å². The summed E-state index contributed by atoms with van der Waals surface area (Å²) >= 11 is 0. The number of aliphatic hydroxyl groups is 1. The fraction of sp³-hybridized carbons (Fsp3) is 0.632. The number of carbonyl (C=O) groups excluding carboxylic acids is 1. The average molecular weight is 335 g/mol. The molecule has 0 amide bonds. The molecule has 0 spiro atoms. The Morgan fingerprint density at radius 3 is 2.50 bits per heavy atom. The van der Waals surface area contributed by atoms with Crippen LogP contribution < -0.4 is 9.47 Å². The molecule has 1 unspecified atom stereocenters. The molecule has 0 saturated heterocycles. The number of aldehydes is 1. The van der Waals surface area contributed by atoms with Gasteiger partial charge >= 0.3 is 0 Å². The van der Waals surface area contributed by atoms with E-state index in [2.05, 4.69) is 13.8 Å². The fourth-order valence-electron chi connectivity index (χ4n) is 3.41. The van der Waals surface area contributed by atoms with Gasteiger partial charge in [0.05, 0.1) is 14.2 Å². The first-order valence-corrected chi connectivity index (χ1v) is 8.64. The molecular formula is C19H29NO4. The van der Waals surface area contributed by atoms with Crippen molar-refractivity contribution in [3.63, 3.8) is 0 Å². The summed E-state index contributed by atoms with van der Waals surface area (Å²) in [6.07, 6.45) is 3.27. The smallest absolute Gasteiger partial charge is 0.161 e. The van der Waals surface area contributed by atoms with Crippen LogP contribution in [-0.4, -0.2) is 43.3 Å². The monoisotopic (exact) mass is 335 g/mol. The normalized spacial score (nSPS) is 19.0. The van der Waals surface area contributed by atoms with Crippen molar-refractivity contribution in [2.24, 2.45) is 5.92 Å². The van der Waals surface area contributed by atoms with Crippen LogP contribution in [0.15, 0.2) is 12.1 Å². The van der Waals surface area contributed by atoms with Gasteiger partial charge in [-0.2, -0.15) is 0 Å². The Morgan fingerprint density at radius 2 is 1.92 bits per heavy atom. The fourth-order valence-corrected chi connectivity index (χ4v) is 3.41. The summed E-state index contributed by atoms with van der Waals surface area (Å²) in [4.78, 5) is 13.3. The Morgan fingerprint density at radius 1 is 1.25 bits per heavy atom. The number of methoxy groups -OCH3 is 2. The number of aliphatic hydroxyl groups excluding tert-OH is 1. The number of rotatable bonds is 8. The molecule has 24 heavy (non-hydrogen) atoms. The second kappa shape index (κ2) is 8.49. The van der Waals surface area contributed by atoms with Gasteiger partial charge in [-0.15, -0.1) is 0 Å². The Hall–Kier alpha value is -1.59. The van der Waals surface area contributed by atoms with Gasteiger partial charge in [-0.3, -0.25) is 4.90 Å². The summed E-state index contributed by atoms with van der Waals surface area (Å²) in [7, 11) is 3.23. The van der Waals surface area contributed by atoms with Crippen LogP contribution in [0.4, 0.5) is 0 Å². The van der Waals surface area contributed by atoms with Crippen LogP contribution in [0.25, 0.3) is 0 Å². The van der Waals surface area contributed by atoms with E-state index in [1.807, 2.05) is 17.0 Å². The van der Waals surface area contributed by atoms with Crippen molar-refractivity contribution in [1.82, 2.24) is 4.90 Å². The molecule has 5 nitrogen and oxygen atoms in total. The summed E-state index contributed by atoms with van der Waals surface area (Å²) in [6, 6.07) is 3.82. The molecule has 0 fully saturated rings. The minimum absolute atomic E-state index is 0.117. The number of nitrogens with zero attached hydrogens (tertiary/aromatic N) is 1. The first-order valence-electron chi connectivity index (χ1n) is 8.64. The SMILES string of the molecule is COc1cc2c(cc1OC)[C@@H](CC=O)N(C(O)CCC(C)C)CC2. The van der Waals surface area contributed by atoms with Crippen LogP contribution in [0.1, 0.15) is 50.3 Å². The summed E-state index contributed by atoms with van der Waals surface area (Å²) in [5.74, 6) is 1.91. The minimum Gasteiger partial charge on any atom is -0.493 e. The Labute approximate surface area is 144 Å². The predicted octanol–water partition coefficient (Wildman–Crippen LogP) is 2.95. The van der Waals surface area contributed by atoms with E-state index >= 15 is 0 Å². The van der Waals surface area contributed by atoms with Gasteiger partial charge in [-0.05, 0) is 48.4 Å². The topological polar surface area (TPSA) is 59.0 Å². The molecule has 1 N–H and O–H groups in total. The quantitative estimate of drug-likeness (QED) is 0.740. The zero-order chi connectivity index (χ0) is 17.7. The number of hydrogen-bond donors (Lipinski definition) is 1. The molecule has 0 aromatic heterocycles. The van der Waals surface area contributed by atoms with E-state index in [4.69, 9.17) is 9.47 Å². The maximum atomic E-state index is 11.2. The van der Waals surface area contributed by atoms with Gasteiger partial charge in [0.2, 0.25) is 0 Å². The maximum absolute atomic E-state index is 11.2. The molecule has 1 aliphatic heterocycles. The van der Waals surface area contributed by atoms with Crippen molar-refractivity contribution in [1.29, 1.82) is 0 Å². The molecule has 5 heteroatoms. The molecule has 1 aromatic carbocycles. The Bertz CT molecular complexity index is 559. The van der Waals surface area contributed by atoms with E-state index in [1.54, 1.807) is 14.2 Å². The summed E-state index contributed by atoms with van der Waals surface area (Å²) in [5, 5.41) is 10.6. The number of fused-ring (bicyclic) bond motifs is 1. The summed E-state index contributed by atoms with van der Waals surface area (Å²) in [5.41, 5.74) is 2.21. The molecule has 2 rings (SSSR count). The van der Waals surface area contributed by atoms with Gasteiger partial charge in [0.25, 0.3) is 0 Å². The van der Waals surface area contributed by atoms with E-state index in [9.17, 15) is 9.90 Å². The number of carbonyl (C=O) groups is 1. The highest BCUT2D eigenvalue weighted by molar-refractivity contribution is 5.55. The van der Waals surface area contributed by atoms with Crippen LogP contribution in [0.3, 0.4) is 0 Å². The van der Waals surface area contributed by atoms with Gasteiger partial charge in [0, 0.05) is 19.0 Å². The lowest BCUT2D eigenvalue weighted by atomic mass is 9.89. The lowest BCUT2D eigenvalue weighted by Gasteiger charge is -2.40. The van der Waals surface area contributed by atoms with E-state index in [1.165, 1.54) is 0 Å². The van der Waals surface area contributed by atoms with Crippen LogP contribution in [0, 0.1) is 5.92 Å². The van der Waals surface area contributed by atoms with Crippen LogP contribution in [0.5, 0.6) is 11.5 Å². The van der Waals surface area contributed by atoms with Gasteiger partial charge < -0.3 is 19.4 Å². The molecule has 0 bridgehead atoms. The third-order valence-electron chi connectivity index (χ3n) is 4.75. The number of ether oxygens (including phenoxy) is 2. The van der Waals surface area contributed by atoms with Crippen molar-refractivity contribution in [3.05, 3.63) is 23.3 Å². The van der Waals surface area contributed by atoms with E-state index in [-0.39, 0.29) is 6.04 Å². The van der Waals surface area contributed by atoms with E-state index in [0.29, 0.717) is 23.8 Å². The standard InChI is InChI=1S/C19H29NO4/c1-13(2)5-6-19(22)20-9-7-14-11-17(23-3)18(24-4)12-15(14)16(20)8-10-21/h10-13,16,19,22H,5-9H2,1-4H3/t16-,19?/m1/s1. The van der Waals surface area contributed by atoms with Gasteiger partial charge in [0.1, 0.15) is 12.5 Å². The molecule has 1 aromatic rings. The third kappa shape index (κ3) is 4.08. The molecule has 0 aliphatic carbocycles. The third-order valence-corrected chi connectivity index (χ3v) is 4.75. The Kier molecular flexibility index (Phi) is 6.63. The molecule has 134 valence electrons. The highest BCUT2D eigenvalue weighted by Gasteiger charge is 2.32. The average Bonchev–Trinajstić information content (AvgIpc) is 2.58. The molecule has 2 atom stereocenters. The molecular weight excluding hydrogens is 306 g/mol. The second-order valence-corrected chi connectivity index (χ2v) is 6.76. The molecule has 1 heterocycles. The van der Waals surface area contributed by atoms with Crippen LogP contribution in [-0.2, 0) is 11.2 Å². The Balaban J connectivity index is 2.31. The van der Waals surface area contributed by atoms with Crippen molar-refractivity contribution >= 4 is 6.29 Å². The highest BCUT2D eigenvalue weighted by atomic mass is 16.5. The number of benzene rings is 1. The molecule has 1 aliphatic rings. The predicted molar refractivity (Wildman–Crippen MR) is 93.5 cm³/mol.